The third-order valence-corrected chi connectivity index (χ3v) is 5.12. The van der Waals surface area contributed by atoms with Crippen LogP contribution in [0.1, 0.15) is 36.9 Å². The number of anilines is 1. The Morgan fingerprint density at radius 2 is 1.81 bits per heavy atom. The van der Waals surface area contributed by atoms with Gasteiger partial charge in [0.05, 0.1) is 6.04 Å². The topological polar surface area (TPSA) is 49.9 Å². The molecule has 1 aliphatic rings. The zero-order valence-corrected chi connectivity index (χ0v) is 16.1. The van der Waals surface area contributed by atoms with E-state index < -0.39 is 0 Å². The van der Waals surface area contributed by atoms with E-state index in [0.717, 1.165) is 24.2 Å². The van der Waals surface area contributed by atoms with Crippen molar-refractivity contribution in [2.45, 2.75) is 32.7 Å². The normalized spacial score (nSPS) is 14.9. The summed E-state index contributed by atoms with van der Waals surface area (Å²) in [7, 11) is 1.79. The average Bonchev–Trinajstić information content (AvgIpc) is 3.12. The van der Waals surface area contributed by atoms with Gasteiger partial charge in [-0.1, -0.05) is 29.8 Å². The molecule has 2 amide bonds. The quantitative estimate of drug-likeness (QED) is 0.783. The van der Waals surface area contributed by atoms with E-state index in [9.17, 15) is 9.59 Å². The number of benzene rings is 2. The third kappa shape index (κ3) is 4.48. The van der Waals surface area contributed by atoms with Crippen LogP contribution >= 0.6 is 0 Å². The van der Waals surface area contributed by atoms with Gasteiger partial charge in [-0.05, 0) is 50.1 Å². The lowest BCUT2D eigenvalue weighted by atomic mass is 10.1. The van der Waals surface area contributed by atoms with Gasteiger partial charge in [0.25, 0.3) is 5.91 Å². The van der Waals surface area contributed by atoms with Gasteiger partial charge in [0, 0.05) is 25.7 Å². The van der Waals surface area contributed by atoms with E-state index in [1.807, 2.05) is 50.2 Å². The molecule has 0 saturated carbocycles. The van der Waals surface area contributed by atoms with Gasteiger partial charge in [-0.3, -0.25) is 9.59 Å². The van der Waals surface area contributed by atoms with E-state index in [-0.39, 0.29) is 24.5 Å². The Morgan fingerprint density at radius 3 is 2.41 bits per heavy atom. The first-order valence-corrected chi connectivity index (χ1v) is 9.31. The Hall–Kier alpha value is -2.82. The smallest absolute Gasteiger partial charge is 0.260 e. The van der Waals surface area contributed by atoms with Crippen LogP contribution in [0.25, 0.3) is 0 Å². The maximum absolute atomic E-state index is 12.5. The maximum atomic E-state index is 12.5. The van der Waals surface area contributed by atoms with Crippen LogP contribution in [0.2, 0.25) is 0 Å². The fraction of sp³-hybridized carbons (Fsp3) is 0.364. The highest BCUT2D eigenvalue weighted by atomic mass is 16.5. The van der Waals surface area contributed by atoms with Crippen molar-refractivity contribution in [2.24, 2.45) is 0 Å². The van der Waals surface area contributed by atoms with Crippen molar-refractivity contribution in [1.82, 2.24) is 4.90 Å². The van der Waals surface area contributed by atoms with Crippen molar-refractivity contribution in [1.29, 1.82) is 0 Å². The number of nitrogens with zero attached hydrogens (tertiary/aromatic N) is 2. The van der Waals surface area contributed by atoms with E-state index in [1.165, 1.54) is 5.56 Å². The molecule has 27 heavy (non-hydrogen) atoms. The highest BCUT2D eigenvalue weighted by Crippen LogP contribution is 2.24. The van der Waals surface area contributed by atoms with Crippen LogP contribution in [0.5, 0.6) is 5.75 Å². The van der Waals surface area contributed by atoms with E-state index >= 15 is 0 Å². The van der Waals surface area contributed by atoms with Crippen LogP contribution < -0.4 is 9.64 Å². The minimum Gasteiger partial charge on any atom is -0.484 e. The number of hydrogen-bond donors (Lipinski definition) is 0. The molecule has 142 valence electrons. The van der Waals surface area contributed by atoms with Crippen molar-refractivity contribution >= 4 is 17.5 Å². The van der Waals surface area contributed by atoms with Crippen LogP contribution in [-0.2, 0) is 9.59 Å². The van der Waals surface area contributed by atoms with E-state index in [4.69, 9.17) is 4.74 Å². The second-order valence-corrected chi connectivity index (χ2v) is 7.02. The number of carbonyl (C=O) groups is 2. The van der Waals surface area contributed by atoms with Gasteiger partial charge in [-0.15, -0.1) is 0 Å². The molecule has 1 heterocycles. The molecule has 2 aromatic rings. The summed E-state index contributed by atoms with van der Waals surface area (Å²) in [6.45, 7) is 4.79. The lowest BCUT2D eigenvalue weighted by molar-refractivity contribution is -0.134. The van der Waals surface area contributed by atoms with Crippen molar-refractivity contribution < 1.29 is 14.3 Å². The molecule has 1 atom stereocenters. The highest BCUT2D eigenvalue weighted by Gasteiger charge is 2.21. The molecule has 1 fully saturated rings. The predicted octanol–water partition coefficient (Wildman–Crippen LogP) is 3.72. The molecule has 1 saturated heterocycles. The van der Waals surface area contributed by atoms with Crippen LogP contribution in [-0.4, -0.2) is 36.9 Å². The standard InChI is InChI=1S/C22H26N2O3/c1-16-6-8-18(9-7-16)17(2)23(3)22(26)15-27-20-12-10-19(11-13-20)24-14-4-5-21(24)25/h6-13,17H,4-5,14-15H2,1-3H3. The van der Waals surface area contributed by atoms with Gasteiger partial charge in [-0.2, -0.15) is 0 Å². The molecule has 1 aliphatic heterocycles. The molecule has 3 rings (SSSR count). The Bertz CT molecular complexity index is 799. The van der Waals surface area contributed by atoms with Gasteiger partial charge in [0.1, 0.15) is 5.75 Å². The lowest BCUT2D eigenvalue weighted by Gasteiger charge is -2.25. The van der Waals surface area contributed by atoms with Gasteiger partial charge in [-0.25, -0.2) is 0 Å². The van der Waals surface area contributed by atoms with Crippen molar-refractivity contribution in [3.8, 4) is 5.75 Å². The summed E-state index contributed by atoms with van der Waals surface area (Å²) in [5, 5.41) is 0. The number of amides is 2. The first-order chi connectivity index (χ1) is 13.0. The molecule has 0 bridgehead atoms. The number of likely N-dealkylation sites (N-methyl/N-ethyl adjacent to an activating group) is 1. The minimum atomic E-state index is -0.0816. The molecule has 5 heteroatoms. The van der Waals surface area contributed by atoms with E-state index in [2.05, 4.69) is 0 Å². The molecule has 5 nitrogen and oxygen atoms in total. The third-order valence-electron chi connectivity index (χ3n) is 5.12. The first kappa shape index (κ1) is 19.0. The lowest BCUT2D eigenvalue weighted by Crippen LogP contribution is -2.33. The molecule has 0 aliphatic carbocycles. The molecular formula is C22H26N2O3. The van der Waals surface area contributed by atoms with Crippen molar-refractivity contribution in [3.63, 3.8) is 0 Å². The molecular weight excluding hydrogens is 340 g/mol. The number of rotatable bonds is 6. The average molecular weight is 366 g/mol. The molecule has 2 aromatic carbocycles. The second kappa shape index (κ2) is 8.25. The van der Waals surface area contributed by atoms with Crippen molar-refractivity contribution in [2.75, 3.05) is 25.1 Å². The van der Waals surface area contributed by atoms with Crippen LogP contribution in [0.3, 0.4) is 0 Å². The summed E-state index contributed by atoms with van der Waals surface area (Å²) in [6.07, 6.45) is 1.51. The summed E-state index contributed by atoms with van der Waals surface area (Å²) in [5.41, 5.74) is 3.17. The summed E-state index contributed by atoms with van der Waals surface area (Å²) < 4.78 is 5.64. The Kier molecular flexibility index (Phi) is 5.79. The zero-order valence-electron chi connectivity index (χ0n) is 16.1. The SMILES string of the molecule is Cc1ccc(C(C)N(C)C(=O)COc2ccc(N3CCCC3=O)cc2)cc1. The first-order valence-electron chi connectivity index (χ1n) is 9.31. The molecule has 0 spiro atoms. The number of hydrogen-bond acceptors (Lipinski definition) is 3. The van der Waals surface area contributed by atoms with Gasteiger partial charge < -0.3 is 14.5 Å². The molecule has 0 aromatic heterocycles. The summed E-state index contributed by atoms with van der Waals surface area (Å²) in [4.78, 5) is 27.7. The highest BCUT2D eigenvalue weighted by molar-refractivity contribution is 5.95. The molecule has 0 radical (unpaired) electrons. The maximum Gasteiger partial charge on any atom is 0.260 e. The Labute approximate surface area is 160 Å². The van der Waals surface area contributed by atoms with Gasteiger partial charge >= 0.3 is 0 Å². The number of ether oxygens (including phenoxy) is 1. The van der Waals surface area contributed by atoms with Gasteiger partial charge in [0.2, 0.25) is 5.91 Å². The molecule has 0 N–H and O–H groups in total. The van der Waals surface area contributed by atoms with Gasteiger partial charge in [0.15, 0.2) is 6.61 Å². The number of aryl methyl sites for hydroxylation is 1. The Balaban J connectivity index is 1.55. The summed E-state index contributed by atoms with van der Waals surface area (Å²) in [6, 6.07) is 15.5. The minimum absolute atomic E-state index is 0.0192. The monoisotopic (exact) mass is 366 g/mol. The Morgan fingerprint density at radius 1 is 1.15 bits per heavy atom. The van der Waals surface area contributed by atoms with E-state index in [0.29, 0.717) is 12.2 Å². The summed E-state index contributed by atoms with van der Waals surface area (Å²) in [5.74, 6) is 0.697. The van der Waals surface area contributed by atoms with Crippen LogP contribution in [0.15, 0.2) is 48.5 Å². The fourth-order valence-electron chi connectivity index (χ4n) is 3.17. The second-order valence-electron chi connectivity index (χ2n) is 7.02. The van der Waals surface area contributed by atoms with Crippen molar-refractivity contribution in [3.05, 3.63) is 59.7 Å². The molecule has 1 unspecified atom stereocenters. The van der Waals surface area contributed by atoms with Crippen LogP contribution in [0.4, 0.5) is 5.69 Å². The number of carbonyl (C=O) groups excluding carboxylic acids is 2. The summed E-state index contributed by atoms with van der Waals surface area (Å²) >= 11 is 0. The zero-order chi connectivity index (χ0) is 19.4. The van der Waals surface area contributed by atoms with Crippen LogP contribution in [0, 0.1) is 6.92 Å². The largest absolute Gasteiger partial charge is 0.484 e. The fourth-order valence-corrected chi connectivity index (χ4v) is 3.17. The predicted molar refractivity (Wildman–Crippen MR) is 106 cm³/mol. The van der Waals surface area contributed by atoms with E-state index in [1.54, 1.807) is 29.0 Å².